The number of hydrogen-bond acceptors (Lipinski definition) is 5. The van der Waals surface area contributed by atoms with E-state index in [1.54, 1.807) is 41.1 Å². The van der Waals surface area contributed by atoms with Crippen molar-refractivity contribution in [1.82, 2.24) is 4.72 Å². The summed E-state index contributed by atoms with van der Waals surface area (Å²) in [5, 5.41) is 0. The van der Waals surface area contributed by atoms with Crippen LogP contribution in [0.4, 0.5) is 4.79 Å². The van der Waals surface area contributed by atoms with Crippen molar-refractivity contribution in [2.24, 2.45) is 0 Å². The van der Waals surface area contributed by atoms with E-state index in [2.05, 4.69) is 4.18 Å². The molecule has 0 aliphatic rings. The van der Waals surface area contributed by atoms with E-state index in [0.29, 0.717) is 0 Å². The second kappa shape index (κ2) is 6.07. The molecule has 1 N–H and O–H groups in total. The molecule has 0 saturated carbocycles. The minimum absolute atomic E-state index is 0.0903. The van der Waals surface area contributed by atoms with E-state index in [1.807, 2.05) is 0 Å². The Labute approximate surface area is 116 Å². The zero-order chi connectivity index (χ0) is 14.4. The van der Waals surface area contributed by atoms with Crippen molar-refractivity contribution in [3.05, 3.63) is 60.7 Å². The molecule has 2 rings (SSSR count). The standard InChI is InChI=1S/C13H11NO5S/c15-13(18-11-7-3-1-4-8-11)14-20(16,17)19-12-9-5-2-6-10-12/h1-10H,(H,14,15). The zero-order valence-electron chi connectivity index (χ0n) is 10.2. The third-order valence-corrected chi connectivity index (χ3v) is 2.94. The highest BCUT2D eigenvalue weighted by molar-refractivity contribution is 7.85. The fourth-order valence-corrected chi connectivity index (χ4v) is 1.99. The molecule has 20 heavy (non-hydrogen) atoms. The molecule has 104 valence electrons. The lowest BCUT2D eigenvalue weighted by Gasteiger charge is -2.08. The van der Waals surface area contributed by atoms with Crippen LogP contribution in [0.25, 0.3) is 0 Å². The fourth-order valence-electron chi connectivity index (χ4n) is 1.34. The summed E-state index contributed by atoms with van der Waals surface area (Å²) in [6.45, 7) is 0. The predicted molar refractivity (Wildman–Crippen MR) is 71.6 cm³/mol. The van der Waals surface area contributed by atoms with Crippen LogP contribution < -0.4 is 13.6 Å². The first-order valence-corrected chi connectivity index (χ1v) is 7.00. The monoisotopic (exact) mass is 293 g/mol. The van der Waals surface area contributed by atoms with Gasteiger partial charge >= 0.3 is 16.4 Å². The van der Waals surface area contributed by atoms with Gasteiger partial charge < -0.3 is 8.92 Å². The molecule has 0 radical (unpaired) electrons. The predicted octanol–water partition coefficient (Wildman–Crippen LogP) is 2.10. The fraction of sp³-hybridized carbons (Fsp3) is 0. The number of benzene rings is 2. The van der Waals surface area contributed by atoms with Crippen molar-refractivity contribution in [2.75, 3.05) is 0 Å². The molecule has 0 fully saturated rings. The lowest BCUT2D eigenvalue weighted by atomic mass is 10.3. The van der Waals surface area contributed by atoms with Crippen LogP contribution >= 0.6 is 0 Å². The number of amides is 1. The molecule has 7 heteroatoms. The molecule has 0 aliphatic carbocycles. The normalized spacial score (nSPS) is 10.6. The molecule has 0 aliphatic heterocycles. The molecule has 2 aromatic carbocycles. The van der Waals surface area contributed by atoms with E-state index < -0.39 is 16.4 Å². The average Bonchev–Trinajstić information content (AvgIpc) is 2.39. The Kier molecular flexibility index (Phi) is 4.21. The van der Waals surface area contributed by atoms with Crippen LogP contribution in [-0.4, -0.2) is 14.5 Å². The van der Waals surface area contributed by atoms with Crippen LogP contribution in [0.5, 0.6) is 11.5 Å². The summed E-state index contributed by atoms with van der Waals surface area (Å²) >= 11 is 0. The van der Waals surface area contributed by atoms with Gasteiger partial charge in [-0.15, -0.1) is 0 Å². The second-order valence-corrected chi connectivity index (χ2v) is 4.93. The van der Waals surface area contributed by atoms with Crippen LogP contribution in [0.2, 0.25) is 0 Å². The number of nitrogens with one attached hydrogen (secondary N) is 1. The van der Waals surface area contributed by atoms with E-state index in [1.165, 1.54) is 24.3 Å². The molecular weight excluding hydrogens is 282 g/mol. The first-order valence-electron chi connectivity index (χ1n) is 5.59. The second-order valence-electron chi connectivity index (χ2n) is 3.66. The van der Waals surface area contributed by atoms with Crippen molar-refractivity contribution >= 4 is 16.4 Å². The molecular formula is C13H11NO5S. The molecule has 0 spiro atoms. The summed E-state index contributed by atoms with van der Waals surface area (Å²) in [6, 6.07) is 15.9. The largest absolute Gasteiger partial charge is 0.428 e. The van der Waals surface area contributed by atoms with Crippen LogP contribution in [0, 0.1) is 0 Å². The van der Waals surface area contributed by atoms with Crippen molar-refractivity contribution in [2.45, 2.75) is 0 Å². The molecule has 0 heterocycles. The van der Waals surface area contributed by atoms with E-state index in [9.17, 15) is 13.2 Å². The van der Waals surface area contributed by atoms with E-state index in [-0.39, 0.29) is 11.5 Å². The van der Waals surface area contributed by atoms with E-state index >= 15 is 0 Å². The van der Waals surface area contributed by atoms with E-state index in [0.717, 1.165) is 0 Å². The summed E-state index contributed by atoms with van der Waals surface area (Å²) in [4.78, 5) is 11.4. The molecule has 2 aromatic rings. The molecule has 0 atom stereocenters. The average molecular weight is 293 g/mol. The van der Waals surface area contributed by atoms with Gasteiger partial charge in [0.05, 0.1) is 0 Å². The van der Waals surface area contributed by atoms with Crippen LogP contribution in [0.3, 0.4) is 0 Å². The number of ether oxygens (including phenoxy) is 1. The highest BCUT2D eigenvalue weighted by Crippen LogP contribution is 2.11. The van der Waals surface area contributed by atoms with Gasteiger partial charge in [-0.3, -0.25) is 0 Å². The van der Waals surface area contributed by atoms with Crippen molar-refractivity contribution in [3.8, 4) is 11.5 Å². The highest BCUT2D eigenvalue weighted by Gasteiger charge is 2.18. The zero-order valence-corrected chi connectivity index (χ0v) is 11.0. The number of para-hydroxylation sites is 2. The van der Waals surface area contributed by atoms with E-state index in [4.69, 9.17) is 4.74 Å². The van der Waals surface area contributed by atoms with Crippen molar-refractivity contribution in [1.29, 1.82) is 0 Å². The first-order chi connectivity index (χ1) is 9.55. The highest BCUT2D eigenvalue weighted by atomic mass is 32.2. The first kappa shape index (κ1) is 13.9. The quantitative estimate of drug-likeness (QED) is 0.933. The van der Waals surface area contributed by atoms with Crippen LogP contribution in [0.15, 0.2) is 60.7 Å². The molecule has 0 unspecified atom stereocenters. The maximum absolute atomic E-state index is 11.6. The third-order valence-electron chi connectivity index (χ3n) is 2.11. The summed E-state index contributed by atoms with van der Waals surface area (Å²) in [5.74, 6) is 0.312. The Balaban J connectivity index is 1.96. The third kappa shape index (κ3) is 4.29. The molecule has 1 amide bonds. The maximum atomic E-state index is 11.6. The Bertz CT molecular complexity index is 670. The minimum atomic E-state index is -4.28. The topological polar surface area (TPSA) is 81.7 Å². The van der Waals surface area contributed by atoms with Crippen LogP contribution in [0.1, 0.15) is 0 Å². The number of carbonyl (C=O) groups excluding carboxylic acids is 1. The smallest absolute Gasteiger partial charge is 0.410 e. The Morgan fingerprint density at radius 1 is 0.850 bits per heavy atom. The van der Waals surface area contributed by atoms with Gasteiger partial charge in [0.25, 0.3) is 0 Å². The Morgan fingerprint density at radius 2 is 1.35 bits per heavy atom. The van der Waals surface area contributed by atoms with Gasteiger partial charge in [0.15, 0.2) is 0 Å². The summed E-state index contributed by atoms with van der Waals surface area (Å²) in [5.41, 5.74) is 0. The summed E-state index contributed by atoms with van der Waals surface area (Å²) in [7, 11) is -4.28. The molecule has 0 bridgehead atoms. The molecule has 0 aromatic heterocycles. The molecule has 6 nitrogen and oxygen atoms in total. The van der Waals surface area contributed by atoms with Gasteiger partial charge in [-0.25, -0.2) is 4.79 Å². The van der Waals surface area contributed by atoms with Gasteiger partial charge in [-0.2, -0.15) is 13.1 Å². The number of hydrogen-bond donors (Lipinski definition) is 1. The number of rotatable bonds is 4. The van der Waals surface area contributed by atoms with Gasteiger partial charge in [-0.1, -0.05) is 36.4 Å². The Hall–Kier alpha value is -2.54. The summed E-state index contributed by atoms with van der Waals surface area (Å²) in [6.07, 6.45) is -1.15. The lowest BCUT2D eigenvalue weighted by molar-refractivity contribution is 0.206. The lowest BCUT2D eigenvalue weighted by Crippen LogP contribution is -2.36. The number of carbonyl (C=O) groups is 1. The van der Waals surface area contributed by atoms with Gasteiger partial charge in [0.2, 0.25) is 0 Å². The van der Waals surface area contributed by atoms with Crippen molar-refractivity contribution < 1.29 is 22.1 Å². The van der Waals surface area contributed by atoms with Gasteiger partial charge in [0.1, 0.15) is 11.5 Å². The van der Waals surface area contributed by atoms with Gasteiger partial charge in [-0.05, 0) is 24.3 Å². The maximum Gasteiger partial charge on any atom is 0.428 e. The molecule has 0 saturated heterocycles. The van der Waals surface area contributed by atoms with Gasteiger partial charge in [0, 0.05) is 0 Å². The minimum Gasteiger partial charge on any atom is -0.410 e. The Morgan fingerprint density at radius 3 is 1.90 bits per heavy atom. The van der Waals surface area contributed by atoms with Crippen LogP contribution in [-0.2, 0) is 10.3 Å². The van der Waals surface area contributed by atoms with Crippen molar-refractivity contribution in [3.63, 3.8) is 0 Å². The SMILES string of the molecule is O=C(NS(=O)(=O)Oc1ccccc1)Oc1ccccc1. The summed E-state index contributed by atoms with van der Waals surface area (Å²) < 4.78 is 34.2.